The fourth-order valence-electron chi connectivity index (χ4n) is 1.38. The number of anilines is 2. The van der Waals surface area contributed by atoms with E-state index in [1.807, 2.05) is 0 Å². The van der Waals surface area contributed by atoms with Crippen molar-refractivity contribution in [1.82, 2.24) is 9.97 Å². The van der Waals surface area contributed by atoms with Crippen LogP contribution in [0.1, 0.15) is 13.3 Å². The minimum atomic E-state index is -0.804. The second kappa shape index (κ2) is 7.96. The molecule has 0 unspecified atom stereocenters. The van der Waals surface area contributed by atoms with Crippen LogP contribution >= 0.6 is 0 Å². The molecule has 0 saturated carbocycles. The molecule has 0 bridgehead atoms. The summed E-state index contributed by atoms with van der Waals surface area (Å²) in [6.07, 6.45) is 1.60. The Kier molecular flexibility index (Phi) is 6.20. The Bertz CT molecular complexity index is 413. The van der Waals surface area contributed by atoms with Crippen LogP contribution in [-0.4, -0.2) is 42.9 Å². The van der Waals surface area contributed by atoms with E-state index in [0.717, 1.165) is 13.0 Å². The number of hydrogen-bond acceptors (Lipinski definition) is 7. The lowest BCUT2D eigenvalue weighted by Crippen LogP contribution is -2.19. The molecule has 1 amide bonds. The standard InChI is InChI=1S/C11H19N5O3/c1-3-4-13-9-8(18-2)10(16-7-15-9)14-5-6-19-11(12)17/h7H,3-6H2,1-2H3,(H2,12,17)(H2,13,14,15,16). The van der Waals surface area contributed by atoms with Gasteiger partial charge in [0.05, 0.1) is 13.7 Å². The highest BCUT2D eigenvalue weighted by atomic mass is 16.5. The van der Waals surface area contributed by atoms with E-state index >= 15 is 0 Å². The fraction of sp³-hybridized carbons (Fsp3) is 0.545. The number of aromatic nitrogens is 2. The van der Waals surface area contributed by atoms with Gasteiger partial charge in [0.1, 0.15) is 12.9 Å². The van der Waals surface area contributed by atoms with Crippen LogP contribution in [-0.2, 0) is 4.74 Å². The van der Waals surface area contributed by atoms with Crippen LogP contribution in [0, 0.1) is 0 Å². The molecule has 1 rings (SSSR count). The lowest BCUT2D eigenvalue weighted by atomic mass is 10.4. The summed E-state index contributed by atoms with van der Waals surface area (Å²) in [6.45, 7) is 3.38. The van der Waals surface area contributed by atoms with Crippen LogP contribution in [0.25, 0.3) is 0 Å². The molecule has 8 nitrogen and oxygen atoms in total. The molecular formula is C11H19N5O3. The van der Waals surface area contributed by atoms with E-state index in [0.29, 0.717) is 23.9 Å². The minimum absolute atomic E-state index is 0.153. The van der Waals surface area contributed by atoms with E-state index in [1.165, 1.54) is 6.33 Å². The van der Waals surface area contributed by atoms with Gasteiger partial charge in [-0.15, -0.1) is 0 Å². The van der Waals surface area contributed by atoms with Gasteiger partial charge >= 0.3 is 6.09 Å². The molecule has 1 heterocycles. The van der Waals surface area contributed by atoms with Crippen LogP contribution in [0.4, 0.5) is 16.4 Å². The van der Waals surface area contributed by atoms with Crippen molar-refractivity contribution in [2.24, 2.45) is 5.73 Å². The largest absolute Gasteiger partial charge is 0.490 e. The molecule has 0 spiro atoms. The first-order valence-corrected chi connectivity index (χ1v) is 5.98. The summed E-state index contributed by atoms with van der Waals surface area (Å²) in [6, 6.07) is 0. The number of carbonyl (C=O) groups is 1. The summed E-state index contributed by atoms with van der Waals surface area (Å²) >= 11 is 0. The maximum Gasteiger partial charge on any atom is 0.404 e. The summed E-state index contributed by atoms with van der Waals surface area (Å²) in [7, 11) is 1.54. The highest BCUT2D eigenvalue weighted by molar-refractivity contribution is 5.65. The number of primary amides is 1. The van der Waals surface area contributed by atoms with E-state index in [2.05, 4.69) is 32.3 Å². The summed E-state index contributed by atoms with van der Waals surface area (Å²) in [5.41, 5.74) is 4.86. The molecule has 0 aromatic carbocycles. The molecule has 1 aromatic heterocycles. The normalized spacial score (nSPS) is 9.79. The maximum absolute atomic E-state index is 10.4. The summed E-state index contributed by atoms with van der Waals surface area (Å²) in [5.74, 6) is 1.68. The van der Waals surface area contributed by atoms with Crippen LogP contribution in [0.2, 0.25) is 0 Å². The number of methoxy groups -OCH3 is 1. The van der Waals surface area contributed by atoms with Crippen LogP contribution in [0.5, 0.6) is 5.75 Å². The van der Waals surface area contributed by atoms with Crippen molar-refractivity contribution in [3.8, 4) is 5.75 Å². The summed E-state index contributed by atoms with van der Waals surface area (Å²) in [4.78, 5) is 18.6. The number of carbonyl (C=O) groups excluding carboxylic acids is 1. The highest BCUT2D eigenvalue weighted by Gasteiger charge is 2.11. The van der Waals surface area contributed by atoms with Crippen LogP contribution < -0.4 is 21.1 Å². The molecule has 106 valence electrons. The van der Waals surface area contributed by atoms with Gasteiger partial charge in [0.2, 0.25) is 5.75 Å². The van der Waals surface area contributed by atoms with Crippen LogP contribution in [0.3, 0.4) is 0 Å². The third-order valence-corrected chi connectivity index (χ3v) is 2.19. The zero-order chi connectivity index (χ0) is 14.1. The van der Waals surface area contributed by atoms with Gasteiger partial charge in [-0.1, -0.05) is 6.92 Å². The van der Waals surface area contributed by atoms with E-state index in [4.69, 9.17) is 10.5 Å². The first-order valence-electron chi connectivity index (χ1n) is 5.98. The third-order valence-electron chi connectivity index (χ3n) is 2.19. The average molecular weight is 269 g/mol. The van der Waals surface area contributed by atoms with Crippen molar-refractivity contribution in [1.29, 1.82) is 0 Å². The number of ether oxygens (including phenoxy) is 2. The van der Waals surface area contributed by atoms with Gasteiger partial charge in [-0.05, 0) is 6.42 Å². The van der Waals surface area contributed by atoms with Gasteiger partial charge in [0, 0.05) is 6.54 Å². The van der Waals surface area contributed by atoms with Crippen molar-refractivity contribution < 1.29 is 14.3 Å². The number of hydrogen-bond donors (Lipinski definition) is 3. The van der Waals surface area contributed by atoms with Crippen molar-refractivity contribution >= 4 is 17.7 Å². The Hall–Kier alpha value is -2.25. The molecule has 0 fully saturated rings. The number of nitrogens with zero attached hydrogens (tertiary/aromatic N) is 2. The van der Waals surface area contributed by atoms with Gasteiger partial charge in [-0.25, -0.2) is 14.8 Å². The molecule has 1 aromatic rings. The molecular weight excluding hydrogens is 250 g/mol. The first-order chi connectivity index (χ1) is 9.19. The monoisotopic (exact) mass is 269 g/mol. The lowest BCUT2D eigenvalue weighted by Gasteiger charge is -2.13. The van der Waals surface area contributed by atoms with Crippen molar-refractivity contribution in [3.05, 3.63) is 6.33 Å². The zero-order valence-corrected chi connectivity index (χ0v) is 11.1. The molecule has 8 heteroatoms. The molecule has 0 atom stereocenters. The molecule has 4 N–H and O–H groups in total. The fourth-order valence-corrected chi connectivity index (χ4v) is 1.38. The second-order valence-corrected chi connectivity index (χ2v) is 3.63. The van der Waals surface area contributed by atoms with Crippen molar-refractivity contribution in [2.45, 2.75) is 13.3 Å². The molecule has 0 radical (unpaired) electrons. The van der Waals surface area contributed by atoms with Crippen molar-refractivity contribution in [3.63, 3.8) is 0 Å². The number of amides is 1. The van der Waals surface area contributed by atoms with Gasteiger partial charge in [-0.3, -0.25) is 0 Å². The Morgan fingerprint density at radius 3 is 2.47 bits per heavy atom. The van der Waals surface area contributed by atoms with Gasteiger partial charge in [0.15, 0.2) is 11.6 Å². The molecule has 19 heavy (non-hydrogen) atoms. The van der Waals surface area contributed by atoms with Crippen molar-refractivity contribution in [2.75, 3.05) is 37.4 Å². The number of nitrogens with one attached hydrogen (secondary N) is 2. The lowest BCUT2D eigenvalue weighted by molar-refractivity contribution is 0.161. The molecule has 0 aliphatic carbocycles. The summed E-state index contributed by atoms with van der Waals surface area (Å²) < 4.78 is 9.88. The van der Waals surface area contributed by atoms with Gasteiger partial charge in [0.25, 0.3) is 0 Å². The third kappa shape index (κ3) is 4.86. The second-order valence-electron chi connectivity index (χ2n) is 3.63. The SMILES string of the molecule is CCCNc1ncnc(NCCOC(N)=O)c1OC. The van der Waals surface area contributed by atoms with E-state index in [1.54, 1.807) is 7.11 Å². The van der Waals surface area contributed by atoms with E-state index in [9.17, 15) is 4.79 Å². The Balaban J connectivity index is 2.63. The average Bonchev–Trinajstić information content (AvgIpc) is 2.41. The van der Waals surface area contributed by atoms with Crippen LogP contribution in [0.15, 0.2) is 6.33 Å². The quantitative estimate of drug-likeness (QED) is 0.599. The Morgan fingerprint density at radius 1 is 1.32 bits per heavy atom. The summed E-state index contributed by atoms with van der Waals surface area (Å²) in [5, 5.41) is 6.13. The topological polar surface area (TPSA) is 111 Å². The molecule has 0 aliphatic rings. The zero-order valence-electron chi connectivity index (χ0n) is 11.1. The predicted molar refractivity (Wildman–Crippen MR) is 71.4 cm³/mol. The van der Waals surface area contributed by atoms with E-state index < -0.39 is 6.09 Å². The van der Waals surface area contributed by atoms with Gasteiger partial charge < -0.3 is 25.8 Å². The molecule has 0 aliphatic heterocycles. The smallest absolute Gasteiger partial charge is 0.404 e. The minimum Gasteiger partial charge on any atom is -0.490 e. The first kappa shape index (κ1) is 14.8. The Labute approximate surface area is 111 Å². The highest BCUT2D eigenvalue weighted by Crippen LogP contribution is 2.28. The van der Waals surface area contributed by atoms with Gasteiger partial charge in [-0.2, -0.15) is 0 Å². The van der Waals surface area contributed by atoms with E-state index in [-0.39, 0.29) is 6.61 Å². The number of rotatable bonds is 8. The maximum atomic E-state index is 10.4. The predicted octanol–water partition coefficient (Wildman–Crippen LogP) is 0.814. The molecule has 0 saturated heterocycles. The Morgan fingerprint density at radius 2 is 1.95 bits per heavy atom. The number of nitrogens with two attached hydrogens (primary N) is 1.